The molecular weight excluding hydrogens is 448 g/mol. The number of carbonyl (C=O) groups is 2. The smallest absolute Gasteiger partial charge is 0.349 e. The lowest BCUT2D eigenvalue weighted by Gasteiger charge is -2.38. The van der Waals surface area contributed by atoms with Crippen molar-refractivity contribution in [3.05, 3.63) is 71.8 Å². The Balaban J connectivity index is 1.66. The van der Waals surface area contributed by atoms with E-state index in [1.54, 1.807) is 7.11 Å². The first kappa shape index (κ1) is 25.4. The molecular formula is C28H34O7. The van der Waals surface area contributed by atoms with Gasteiger partial charge in [0.2, 0.25) is 6.10 Å². The molecule has 2 aliphatic rings. The summed E-state index contributed by atoms with van der Waals surface area (Å²) in [5.41, 5.74) is 1.68. The van der Waals surface area contributed by atoms with Crippen LogP contribution in [0.3, 0.4) is 0 Å². The van der Waals surface area contributed by atoms with Crippen LogP contribution in [0, 0.1) is 11.8 Å². The van der Waals surface area contributed by atoms with E-state index in [-0.39, 0.29) is 11.9 Å². The molecule has 0 aromatic heterocycles. The fourth-order valence-electron chi connectivity index (χ4n) is 4.86. The molecule has 7 nitrogen and oxygen atoms in total. The topological polar surface area (TPSA) is 80.3 Å². The first-order chi connectivity index (χ1) is 16.8. The van der Waals surface area contributed by atoms with Crippen molar-refractivity contribution in [1.29, 1.82) is 0 Å². The maximum atomic E-state index is 13.3. The van der Waals surface area contributed by atoms with E-state index >= 15 is 0 Å². The van der Waals surface area contributed by atoms with Crippen LogP contribution in [0.15, 0.2) is 60.7 Å². The van der Waals surface area contributed by atoms with E-state index in [1.165, 1.54) is 0 Å². The highest BCUT2D eigenvalue weighted by molar-refractivity contribution is 5.91. The molecule has 0 unspecified atom stereocenters. The van der Waals surface area contributed by atoms with Gasteiger partial charge in [-0.15, -0.1) is 0 Å². The summed E-state index contributed by atoms with van der Waals surface area (Å²) in [6.45, 7) is 7.58. The van der Waals surface area contributed by atoms with Gasteiger partial charge in [-0.1, -0.05) is 80.9 Å². The Morgan fingerprint density at radius 1 is 0.943 bits per heavy atom. The van der Waals surface area contributed by atoms with Crippen LogP contribution in [0.2, 0.25) is 0 Å². The van der Waals surface area contributed by atoms with Gasteiger partial charge in [0.15, 0.2) is 11.9 Å². The number of esters is 2. The van der Waals surface area contributed by atoms with Crippen LogP contribution in [0.1, 0.15) is 57.5 Å². The lowest BCUT2D eigenvalue weighted by molar-refractivity contribution is -0.210. The summed E-state index contributed by atoms with van der Waals surface area (Å²) in [6, 6.07) is 19.2. The molecule has 2 fully saturated rings. The number of hydrogen-bond acceptors (Lipinski definition) is 7. The molecule has 188 valence electrons. The van der Waals surface area contributed by atoms with E-state index in [1.807, 2.05) is 88.4 Å². The highest BCUT2D eigenvalue weighted by atomic mass is 16.8. The van der Waals surface area contributed by atoms with Crippen molar-refractivity contribution >= 4 is 11.9 Å². The molecule has 7 atom stereocenters. The zero-order valence-electron chi connectivity index (χ0n) is 20.9. The maximum absolute atomic E-state index is 13.3. The Kier molecular flexibility index (Phi) is 7.59. The summed E-state index contributed by atoms with van der Waals surface area (Å²) in [6.07, 6.45) is -2.65. The van der Waals surface area contributed by atoms with Crippen LogP contribution in [-0.4, -0.2) is 43.1 Å². The summed E-state index contributed by atoms with van der Waals surface area (Å²) in [7, 11) is 1.62. The Bertz CT molecular complexity index is 1010. The minimum atomic E-state index is -0.928. The molecule has 2 aliphatic heterocycles. The van der Waals surface area contributed by atoms with Gasteiger partial charge in [-0.05, 0) is 30.9 Å². The largest absolute Gasteiger partial charge is 0.452 e. The van der Waals surface area contributed by atoms with Gasteiger partial charge < -0.3 is 23.7 Å². The third kappa shape index (κ3) is 5.27. The molecule has 0 aliphatic carbocycles. The van der Waals surface area contributed by atoms with Crippen LogP contribution in [-0.2, 0) is 33.3 Å². The van der Waals surface area contributed by atoms with E-state index in [9.17, 15) is 9.59 Å². The second-order valence-corrected chi connectivity index (χ2v) is 9.67. The van der Waals surface area contributed by atoms with Crippen molar-refractivity contribution in [3.63, 3.8) is 0 Å². The van der Waals surface area contributed by atoms with Crippen LogP contribution >= 0.6 is 0 Å². The lowest BCUT2D eigenvalue weighted by Crippen LogP contribution is -2.54. The fourth-order valence-corrected chi connectivity index (χ4v) is 4.86. The molecule has 0 amide bonds. The highest BCUT2D eigenvalue weighted by Crippen LogP contribution is 2.44. The molecule has 0 saturated carbocycles. The first-order valence-corrected chi connectivity index (χ1v) is 12.1. The van der Waals surface area contributed by atoms with Gasteiger partial charge in [0.1, 0.15) is 24.2 Å². The number of ether oxygens (including phenoxy) is 5. The monoisotopic (exact) mass is 482 g/mol. The van der Waals surface area contributed by atoms with E-state index < -0.39 is 48.2 Å². The molecule has 2 saturated heterocycles. The van der Waals surface area contributed by atoms with Crippen molar-refractivity contribution in [1.82, 2.24) is 0 Å². The number of hydrogen-bond donors (Lipinski definition) is 0. The molecule has 2 heterocycles. The minimum Gasteiger partial charge on any atom is -0.452 e. The minimum absolute atomic E-state index is 0.0117. The number of benzene rings is 2. The molecule has 7 heteroatoms. The van der Waals surface area contributed by atoms with E-state index in [2.05, 4.69) is 0 Å². The van der Waals surface area contributed by atoms with Crippen molar-refractivity contribution in [3.8, 4) is 0 Å². The van der Waals surface area contributed by atoms with Crippen molar-refractivity contribution in [2.24, 2.45) is 11.8 Å². The molecule has 4 rings (SSSR count). The average molecular weight is 483 g/mol. The Morgan fingerprint density at radius 3 is 1.94 bits per heavy atom. The van der Waals surface area contributed by atoms with Gasteiger partial charge in [0.05, 0.1) is 0 Å². The van der Waals surface area contributed by atoms with E-state index in [4.69, 9.17) is 23.7 Å². The summed E-state index contributed by atoms with van der Waals surface area (Å²) in [5.74, 6) is -2.36. The fraction of sp³-hybridized carbons (Fsp3) is 0.500. The predicted molar refractivity (Wildman–Crippen MR) is 128 cm³/mol. The first-order valence-electron chi connectivity index (χ1n) is 12.1. The normalized spacial score (nSPS) is 27.9. The van der Waals surface area contributed by atoms with Crippen LogP contribution in [0.5, 0.6) is 0 Å². The number of rotatable bonds is 9. The highest BCUT2D eigenvalue weighted by Gasteiger charge is 2.54. The van der Waals surface area contributed by atoms with Gasteiger partial charge in [0.25, 0.3) is 0 Å². The second kappa shape index (κ2) is 10.5. The zero-order chi connectivity index (χ0) is 25.2. The Morgan fingerprint density at radius 2 is 1.46 bits per heavy atom. The van der Waals surface area contributed by atoms with Crippen LogP contribution in [0.4, 0.5) is 0 Å². The molecule has 0 N–H and O–H groups in total. The number of methoxy groups -OCH3 is 1. The molecule has 0 bridgehead atoms. The van der Waals surface area contributed by atoms with E-state index in [0.717, 1.165) is 17.5 Å². The average Bonchev–Trinajstić information content (AvgIpc) is 3.16. The molecule has 2 aromatic rings. The van der Waals surface area contributed by atoms with Gasteiger partial charge >= 0.3 is 11.9 Å². The van der Waals surface area contributed by atoms with Crippen LogP contribution < -0.4 is 0 Å². The van der Waals surface area contributed by atoms with Crippen molar-refractivity contribution in [2.45, 2.75) is 70.4 Å². The second-order valence-electron chi connectivity index (χ2n) is 9.67. The van der Waals surface area contributed by atoms with E-state index in [0.29, 0.717) is 0 Å². The summed E-state index contributed by atoms with van der Waals surface area (Å²) >= 11 is 0. The predicted octanol–water partition coefficient (Wildman–Crippen LogP) is 4.77. The third-order valence-electron chi connectivity index (χ3n) is 6.84. The SMILES string of the molecule is CC[C@H](C)[C@H]1C(=O)O[C@@H]1C(=O)O[C@H](c1ccccc1)[C@@H]1OC(C)(C)O[C@H]1[C@H](OC)c1ccccc1. The molecule has 35 heavy (non-hydrogen) atoms. The molecule has 2 aromatic carbocycles. The number of carbonyl (C=O) groups excluding carboxylic acids is 2. The summed E-state index contributed by atoms with van der Waals surface area (Å²) < 4.78 is 29.9. The zero-order valence-corrected chi connectivity index (χ0v) is 20.9. The van der Waals surface area contributed by atoms with Crippen LogP contribution in [0.25, 0.3) is 0 Å². The maximum Gasteiger partial charge on any atom is 0.349 e. The lowest BCUT2D eigenvalue weighted by atomic mass is 9.83. The molecule has 0 spiro atoms. The Hall–Kier alpha value is -2.74. The van der Waals surface area contributed by atoms with Gasteiger partial charge in [-0.3, -0.25) is 4.79 Å². The molecule has 0 radical (unpaired) electrons. The van der Waals surface area contributed by atoms with Gasteiger partial charge in [0, 0.05) is 7.11 Å². The van der Waals surface area contributed by atoms with Crippen molar-refractivity contribution in [2.75, 3.05) is 7.11 Å². The number of cyclic esters (lactones) is 1. The summed E-state index contributed by atoms with van der Waals surface area (Å²) in [4.78, 5) is 25.4. The van der Waals surface area contributed by atoms with Crippen molar-refractivity contribution < 1.29 is 33.3 Å². The summed E-state index contributed by atoms with van der Waals surface area (Å²) in [5, 5.41) is 0. The standard InChI is InChI=1S/C28H34O7/c1-6-17(2)20-23(33-26(20)29)27(30)32-22(19-15-11-8-12-16-19)25-24(34-28(3,4)35-25)21(31-5)18-13-9-7-10-14-18/h7-17,20-25H,6H2,1-5H3/t17-,20+,21+,22+,23-,24-,25-/m0/s1. The third-order valence-corrected chi connectivity index (χ3v) is 6.84. The van der Waals surface area contributed by atoms with Gasteiger partial charge in [-0.25, -0.2) is 4.79 Å². The quantitative estimate of drug-likeness (QED) is 0.477. The Labute approximate surface area is 206 Å². The van der Waals surface area contributed by atoms with Gasteiger partial charge in [-0.2, -0.15) is 0 Å².